The van der Waals surface area contributed by atoms with Crippen LogP contribution in [0.5, 0.6) is 0 Å². The molecular weight excluding hydrogens is 332 g/mol. The normalized spacial score (nSPS) is 14.2. The highest BCUT2D eigenvalue weighted by atomic mass is 79.9. The zero-order valence-electron chi connectivity index (χ0n) is 11.4. The number of likely N-dealkylation sites (tertiary alicyclic amines) is 1. The van der Waals surface area contributed by atoms with E-state index in [0.717, 1.165) is 36.1 Å². The van der Waals surface area contributed by atoms with E-state index in [9.17, 15) is 4.79 Å². The predicted molar refractivity (Wildman–Crippen MR) is 84.6 cm³/mol. The van der Waals surface area contributed by atoms with Crippen LogP contribution in [0.4, 0.5) is 11.6 Å². The lowest BCUT2D eigenvalue weighted by Gasteiger charge is -2.14. The van der Waals surface area contributed by atoms with E-state index in [4.69, 9.17) is 0 Å². The third-order valence-corrected chi connectivity index (χ3v) is 3.90. The summed E-state index contributed by atoms with van der Waals surface area (Å²) in [5.41, 5.74) is 1.32. The van der Waals surface area contributed by atoms with E-state index in [2.05, 4.69) is 31.2 Å². The van der Waals surface area contributed by atoms with Crippen molar-refractivity contribution >= 4 is 33.5 Å². The number of anilines is 2. The lowest BCUT2D eigenvalue weighted by Crippen LogP contribution is -2.28. The Balaban J connectivity index is 1.76. The van der Waals surface area contributed by atoms with E-state index in [-0.39, 0.29) is 5.91 Å². The highest BCUT2D eigenvalue weighted by molar-refractivity contribution is 9.10. The molecular formula is C15H15BrN4O. The Hall–Kier alpha value is -1.95. The Morgan fingerprint density at radius 1 is 1.14 bits per heavy atom. The zero-order valence-corrected chi connectivity index (χ0v) is 13.0. The molecule has 6 heteroatoms. The van der Waals surface area contributed by atoms with E-state index in [1.54, 1.807) is 12.3 Å². The van der Waals surface area contributed by atoms with Gasteiger partial charge < -0.3 is 10.2 Å². The van der Waals surface area contributed by atoms with E-state index < -0.39 is 0 Å². The molecule has 0 aliphatic carbocycles. The second kappa shape index (κ2) is 6.22. The number of carbonyl (C=O) groups is 1. The Bertz CT molecular complexity index is 638. The van der Waals surface area contributed by atoms with Crippen LogP contribution >= 0.6 is 15.9 Å². The molecule has 2 aromatic rings. The van der Waals surface area contributed by atoms with E-state index >= 15 is 0 Å². The van der Waals surface area contributed by atoms with Gasteiger partial charge in [0.1, 0.15) is 5.69 Å². The Morgan fingerprint density at radius 3 is 2.57 bits per heavy atom. The number of benzene rings is 1. The molecule has 0 spiro atoms. The molecule has 1 saturated heterocycles. The first kappa shape index (κ1) is 14.0. The van der Waals surface area contributed by atoms with Crippen molar-refractivity contribution in [2.75, 3.05) is 18.4 Å². The van der Waals surface area contributed by atoms with Gasteiger partial charge in [-0.3, -0.25) is 4.79 Å². The fourth-order valence-corrected chi connectivity index (χ4v) is 2.55. The molecule has 0 unspecified atom stereocenters. The van der Waals surface area contributed by atoms with Gasteiger partial charge in [-0.2, -0.15) is 0 Å². The number of halogens is 1. The molecule has 0 saturated carbocycles. The standard InChI is InChI=1S/C15H15BrN4O/c16-11-3-5-12(6-4-11)18-15-17-8-7-13(19-15)14(21)20-9-1-2-10-20/h3-8H,1-2,9-10H2,(H,17,18,19). The van der Waals surface area contributed by atoms with Gasteiger partial charge in [-0.25, -0.2) is 9.97 Å². The van der Waals surface area contributed by atoms with Crippen LogP contribution in [-0.2, 0) is 0 Å². The molecule has 1 amide bonds. The van der Waals surface area contributed by atoms with Gasteiger partial charge in [0.05, 0.1) is 0 Å². The monoisotopic (exact) mass is 346 g/mol. The van der Waals surface area contributed by atoms with Gasteiger partial charge in [0, 0.05) is 29.4 Å². The summed E-state index contributed by atoms with van der Waals surface area (Å²) in [5.74, 6) is 0.413. The summed E-state index contributed by atoms with van der Waals surface area (Å²) in [6.07, 6.45) is 3.75. The molecule has 1 N–H and O–H groups in total. The summed E-state index contributed by atoms with van der Waals surface area (Å²) in [4.78, 5) is 22.6. The number of nitrogens with one attached hydrogen (secondary N) is 1. The van der Waals surface area contributed by atoms with Gasteiger partial charge >= 0.3 is 0 Å². The van der Waals surface area contributed by atoms with Crippen LogP contribution in [0.15, 0.2) is 41.0 Å². The Kier molecular flexibility index (Phi) is 4.15. The van der Waals surface area contributed by atoms with Gasteiger partial charge in [-0.1, -0.05) is 15.9 Å². The van der Waals surface area contributed by atoms with Crippen molar-refractivity contribution in [3.63, 3.8) is 0 Å². The largest absolute Gasteiger partial charge is 0.337 e. The maximum absolute atomic E-state index is 12.3. The second-order valence-corrected chi connectivity index (χ2v) is 5.81. The smallest absolute Gasteiger partial charge is 0.272 e. The van der Waals surface area contributed by atoms with Crippen molar-refractivity contribution in [3.8, 4) is 0 Å². The first-order valence-electron chi connectivity index (χ1n) is 6.87. The number of hydrogen-bond acceptors (Lipinski definition) is 4. The quantitative estimate of drug-likeness (QED) is 0.926. The number of hydrogen-bond donors (Lipinski definition) is 1. The molecule has 108 valence electrons. The lowest BCUT2D eigenvalue weighted by atomic mass is 10.3. The van der Waals surface area contributed by atoms with Crippen LogP contribution in [0.2, 0.25) is 0 Å². The van der Waals surface area contributed by atoms with Gasteiger partial charge in [0.2, 0.25) is 5.95 Å². The fourth-order valence-electron chi connectivity index (χ4n) is 2.28. The Morgan fingerprint density at radius 2 is 1.86 bits per heavy atom. The molecule has 1 aliphatic rings. The molecule has 2 heterocycles. The zero-order chi connectivity index (χ0) is 14.7. The minimum Gasteiger partial charge on any atom is -0.337 e. The highest BCUT2D eigenvalue weighted by Crippen LogP contribution is 2.17. The number of carbonyl (C=O) groups excluding carboxylic acids is 1. The Labute approximate surface area is 131 Å². The van der Waals surface area contributed by atoms with Crippen molar-refractivity contribution in [3.05, 3.63) is 46.7 Å². The number of nitrogens with zero attached hydrogens (tertiary/aromatic N) is 3. The molecule has 0 bridgehead atoms. The maximum Gasteiger partial charge on any atom is 0.272 e. The summed E-state index contributed by atoms with van der Waals surface area (Å²) in [7, 11) is 0. The van der Waals surface area contributed by atoms with E-state index in [0.29, 0.717) is 11.6 Å². The summed E-state index contributed by atoms with van der Waals surface area (Å²) in [6, 6.07) is 9.36. The molecule has 1 aromatic heterocycles. The fraction of sp³-hybridized carbons (Fsp3) is 0.267. The number of amides is 1. The van der Waals surface area contributed by atoms with Gasteiger partial charge in [-0.15, -0.1) is 0 Å². The first-order valence-corrected chi connectivity index (χ1v) is 7.66. The average molecular weight is 347 g/mol. The first-order chi connectivity index (χ1) is 10.2. The van der Waals surface area contributed by atoms with Crippen LogP contribution < -0.4 is 5.32 Å². The number of rotatable bonds is 3. The topological polar surface area (TPSA) is 58.1 Å². The van der Waals surface area contributed by atoms with Crippen molar-refractivity contribution in [1.29, 1.82) is 0 Å². The second-order valence-electron chi connectivity index (χ2n) is 4.90. The third kappa shape index (κ3) is 3.39. The third-order valence-electron chi connectivity index (χ3n) is 3.37. The number of aromatic nitrogens is 2. The lowest BCUT2D eigenvalue weighted by molar-refractivity contribution is 0.0787. The summed E-state index contributed by atoms with van der Waals surface area (Å²) < 4.78 is 1.01. The minimum atomic E-state index is -0.0197. The van der Waals surface area contributed by atoms with Gasteiger partial charge in [-0.05, 0) is 43.2 Å². The minimum absolute atomic E-state index is 0.0197. The van der Waals surface area contributed by atoms with Gasteiger partial charge in [0.25, 0.3) is 5.91 Å². The molecule has 5 nitrogen and oxygen atoms in total. The summed E-state index contributed by atoms with van der Waals surface area (Å²) >= 11 is 3.39. The van der Waals surface area contributed by atoms with Crippen LogP contribution in [0.1, 0.15) is 23.3 Å². The molecule has 0 radical (unpaired) electrons. The van der Waals surface area contributed by atoms with Crippen LogP contribution in [0.25, 0.3) is 0 Å². The van der Waals surface area contributed by atoms with Crippen molar-refractivity contribution in [2.45, 2.75) is 12.8 Å². The molecule has 1 aromatic carbocycles. The molecule has 1 fully saturated rings. The molecule has 21 heavy (non-hydrogen) atoms. The summed E-state index contributed by atoms with van der Waals surface area (Å²) in [6.45, 7) is 1.64. The molecule has 0 atom stereocenters. The van der Waals surface area contributed by atoms with E-state index in [1.165, 1.54) is 0 Å². The molecule has 3 rings (SSSR count). The van der Waals surface area contributed by atoms with Gasteiger partial charge in [0.15, 0.2) is 0 Å². The van der Waals surface area contributed by atoms with Crippen LogP contribution in [0, 0.1) is 0 Å². The van der Waals surface area contributed by atoms with Crippen LogP contribution in [0.3, 0.4) is 0 Å². The summed E-state index contributed by atoms with van der Waals surface area (Å²) in [5, 5.41) is 3.10. The average Bonchev–Trinajstić information content (AvgIpc) is 3.03. The van der Waals surface area contributed by atoms with Crippen molar-refractivity contribution in [1.82, 2.24) is 14.9 Å². The SMILES string of the molecule is O=C(c1ccnc(Nc2ccc(Br)cc2)n1)N1CCCC1. The van der Waals surface area contributed by atoms with Crippen molar-refractivity contribution < 1.29 is 4.79 Å². The highest BCUT2D eigenvalue weighted by Gasteiger charge is 2.20. The van der Waals surface area contributed by atoms with E-state index in [1.807, 2.05) is 29.2 Å². The maximum atomic E-state index is 12.3. The van der Waals surface area contributed by atoms with Crippen LogP contribution in [-0.4, -0.2) is 33.9 Å². The van der Waals surface area contributed by atoms with Crippen molar-refractivity contribution in [2.24, 2.45) is 0 Å². The predicted octanol–water partition coefficient (Wildman–Crippen LogP) is 3.22. The molecule has 1 aliphatic heterocycles.